The number of hydrogen-bond donors (Lipinski definition) is 4. The molecule has 0 amide bonds. The Morgan fingerprint density at radius 2 is 2.09 bits per heavy atom. The number of carboxylic acid groups (broad SMARTS) is 1. The fraction of sp³-hybridized carbons (Fsp3) is 0.667. The molecular formula is C6H13N3O2. The van der Waals surface area contributed by atoms with E-state index in [0.29, 0.717) is 12.8 Å². The third kappa shape index (κ3) is 4.46. The zero-order chi connectivity index (χ0) is 8.85. The minimum absolute atomic E-state index is 0.311. The molecule has 2 atom stereocenters. The molecule has 0 bridgehead atoms. The van der Waals surface area contributed by atoms with Crippen LogP contribution >= 0.6 is 0 Å². The van der Waals surface area contributed by atoms with Crippen molar-refractivity contribution in [3.63, 3.8) is 0 Å². The summed E-state index contributed by atoms with van der Waals surface area (Å²) in [4.78, 5) is 10.2. The Morgan fingerprint density at radius 3 is 2.45 bits per heavy atom. The van der Waals surface area contributed by atoms with Crippen LogP contribution in [0.4, 0.5) is 0 Å². The number of nitrogens with one attached hydrogen (secondary N) is 1. The summed E-state index contributed by atoms with van der Waals surface area (Å²) in [7, 11) is 0. The second-order valence-electron chi connectivity index (χ2n) is 2.35. The summed E-state index contributed by atoms with van der Waals surface area (Å²) in [5.74, 6) is -1.03. The van der Waals surface area contributed by atoms with Gasteiger partial charge in [-0.05, 0) is 12.8 Å². The van der Waals surface area contributed by atoms with Crippen LogP contribution in [0.15, 0.2) is 0 Å². The van der Waals surface area contributed by atoms with Crippen LogP contribution in [0.2, 0.25) is 0 Å². The fourth-order valence-corrected chi connectivity index (χ4v) is 0.579. The molecule has 0 radical (unpaired) electrons. The second kappa shape index (κ2) is 4.81. The van der Waals surface area contributed by atoms with E-state index < -0.39 is 12.0 Å². The standard InChI is InChI=1S/C6H13N3O2/c7-3-4(8)1-2-5(9)6(10)11/h3-5,7H,1-2,8-9H2,(H,10,11)/t4?,5-/m0/s1. The SMILES string of the molecule is N=CC(N)CC[C@H](N)C(=O)O. The summed E-state index contributed by atoms with van der Waals surface area (Å²) in [6.45, 7) is 0. The van der Waals surface area contributed by atoms with Gasteiger partial charge < -0.3 is 22.0 Å². The number of aliphatic carboxylic acids is 1. The highest BCUT2D eigenvalue weighted by molar-refractivity contribution is 5.73. The molecule has 5 heteroatoms. The molecule has 0 aliphatic heterocycles. The molecular weight excluding hydrogens is 146 g/mol. The van der Waals surface area contributed by atoms with Crippen LogP contribution in [0.1, 0.15) is 12.8 Å². The van der Waals surface area contributed by atoms with E-state index in [0.717, 1.165) is 6.21 Å². The van der Waals surface area contributed by atoms with Gasteiger partial charge in [-0.2, -0.15) is 0 Å². The van der Waals surface area contributed by atoms with Gasteiger partial charge in [0.05, 0.1) is 0 Å². The molecule has 0 aromatic rings. The van der Waals surface area contributed by atoms with Crippen LogP contribution in [0.5, 0.6) is 0 Å². The van der Waals surface area contributed by atoms with Gasteiger partial charge in [0.2, 0.25) is 0 Å². The predicted octanol–water partition coefficient (Wildman–Crippen LogP) is -0.845. The molecule has 64 valence electrons. The Hall–Kier alpha value is -0.940. The average molecular weight is 159 g/mol. The molecule has 0 fully saturated rings. The Bertz CT molecular complexity index is 149. The van der Waals surface area contributed by atoms with Crippen LogP contribution in [0, 0.1) is 5.41 Å². The lowest BCUT2D eigenvalue weighted by molar-refractivity contribution is -0.138. The smallest absolute Gasteiger partial charge is 0.320 e. The van der Waals surface area contributed by atoms with Crippen LogP contribution in [-0.4, -0.2) is 29.4 Å². The topological polar surface area (TPSA) is 113 Å². The molecule has 0 saturated carbocycles. The van der Waals surface area contributed by atoms with Crippen molar-refractivity contribution in [1.29, 1.82) is 5.41 Å². The fourth-order valence-electron chi connectivity index (χ4n) is 0.579. The van der Waals surface area contributed by atoms with Gasteiger partial charge in [-0.3, -0.25) is 4.79 Å². The van der Waals surface area contributed by atoms with E-state index in [1.165, 1.54) is 0 Å². The van der Waals surface area contributed by atoms with Crippen molar-refractivity contribution in [2.45, 2.75) is 24.9 Å². The summed E-state index contributed by atoms with van der Waals surface area (Å²) in [5.41, 5.74) is 10.5. The number of carboxylic acids is 1. The van der Waals surface area contributed by atoms with Crippen molar-refractivity contribution in [2.24, 2.45) is 11.5 Å². The first-order valence-corrected chi connectivity index (χ1v) is 3.32. The van der Waals surface area contributed by atoms with E-state index in [1.807, 2.05) is 0 Å². The number of hydrogen-bond acceptors (Lipinski definition) is 4. The molecule has 0 aliphatic rings. The number of nitrogens with two attached hydrogens (primary N) is 2. The summed E-state index contributed by atoms with van der Waals surface area (Å²) in [5, 5.41) is 15.1. The summed E-state index contributed by atoms with van der Waals surface area (Å²) in [6, 6.07) is -1.23. The lowest BCUT2D eigenvalue weighted by atomic mass is 10.1. The maximum absolute atomic E-state index is 10.2. The summed E-state index contributed by atoms with van der Waals surface area (Å²) < 4.78 is 0. The van der Waals surface area contributed by atoms with Gasteiger partial charge in [-0.1, -0.05) is 0 Å². The van der Waals surface area contributed by atoms with Crippen molar-refractivity contribution in [3.05, 3.63) is 0 Å². The monoisotopic (exact) mass is 159 g/mol. The van der Waals surface area contributed by atoms with Gasteiger partial charge >= 0.3 is 5.97 Å². The highest BCUT2D eigenvalue weighted by Crippen LogP contribution is 1.96. The molecule has 0 spiro atoms. The maximum atomic E-state index is 10.2. The Labute approximate surface area is 64.9 Å². The molecule has 0 saturated heterocycles. The minimum Gasteiger partial charge on any atom is -0.480 e. The number of rotatable bonds is 5. The molecule has 0 rings (SSSR count). The van der Waals surface area contributed by atoms with Crippen LogP contribution in [0.25, 0.3) is 0 Å². The van der Waals surface area contributed by atoms with Crippen molar-refractivity contribution in [2.75, 3.05) is 0 Å². The lowest BCUT2D eigenvalue weighted by Crippen LogP contribution is -2.32. The molecule has 0 heterocycles. The van der Waals surface area contributed by atoms with E-state index in [4.69, 9.17) is 22.0 Å². The third-order valence-electron chi connectivity index (χ3n) is 1.34. The lowest BCUT2D eigenvalue weighted by Gasteiger charge is -2.07. The normalized spacial score (nSPS) is 15.5. The summed E-state index contributed by atoms with van der Waals surface area (Å²) >= 11 is 0. The second-order valence-corrected chi connectivity index (χ2v) is 2.35. The van der Waals surface area contributed by atoms with Gasteiger partial charge in [0.15, 0.2) is 0 Å². The van der Waals surface area contributed by atoms with Crippen molar-refractivity contribution >= 4 is 12.2 Å². The first kappa shape index (κ1) is 10.1. The van der Waals surface area contributed by atoms with Gasteiger partial charge in [-0.25, -0.2) is 0 Å². The highest BCUT2D eigenvalue weighted by Gasteiger charge is 2.11. The quantitative estimate of drug-likeness (QED) is 0.391. The zero-order valence-electron chi connectivity index (χ0n) is 6.16. The zero-order valence-corrected chi connectivity index (χ0v) is 6.16. The van der Waals surface area contributed by atoms with E-state index in [-0.39, 0.29) is 6.04 Å². The minimum atomic E-state index is -1.03. The van der Waals surface area contributed by atoms with Crippen LogP contribution < -0.4 is 11.5 Å². The van der Waals surface area contributed by atoms with E-state index in [9.17, 15) is 4.79 Å². The van der Waals surface area contributed by atoms with Crippen molar-refractivity contribution in [1.82, 2.24) is 0 Å². The third-order valence-corrected chi connectivity index (χ3v) is 1.34. The molecule has 0 aromatic heterocycles. The Morgan fingerprint density at radius 1 is 1.55 bits per heavy atom. The van der Waals surface area contributed by atoms with Crippen molar-refractivity contribution < 1.29 is 9.90 Å². The molecule has 11 heavy (non-hydrogen) atoms. The van der Waals surface area contributed by atoms with Gasteiger partial charge in [0.1, 0.15) is 6.04 Å². The highest BCUT2D eigenvalue weighted by atomic mass is 16.4. The van der Waals surface area contributed by atoms with Crippen LogP contribution in [0.3, 0.4) is 0 Å². The van der Waals surface area contributed by atoms with Gasteiger partial charge in [-0.15, -0.1) is 0 Å². The van der Waals surface area contributed by atoms with E-state index >= 15 is 0 Å². The molecule has 0 aromatic carbocycles. The molecule has 5 nitrogen and oxygen atoms in total. The van der Waals surface area contributed by atoms with Gasteiger partial charge in [0.25, 0.3) is 0 Å². The Kier molecular flexibility index (Phi) is 4.40. The van der Waals surface area contributed by atoms with E-state index in [1.54, 1.807) is 0 Å². The largest absolute Gasteiger partial charge is 0.480 e. The molecule has 0 aliphatic carbocycles. The first-order valence-electron chi connectivity index (χ1n) is 3.32. The maximum Gasteiger partial charge on any atom is 0.320 e. The summed E-state index contributed by atoms with van der Waals surface area (Å²) in [6.07, 6.45) is 1.83. The predicted molar refractivity (Wildman–Crippen MR) is 41.6 cm³/mol. The van der Waals surface area contributed by atoms with Crippen molar-refractivity contribution in [3.8, 4) is 0 Å². The van der Waals surface area contributed by atoms with Gasteiger partial charge in [0, 0.05) is 12.3 Å². The molecule has 6 N–H and O–H groups in total. The number of carbonyl (C=O) groups is 1. The van der Waals surface area contributed by atoms with E-state index in [2.05, 4.69) is 0 Å². The Balaban J connectivity index is 3.53. The first-order chi connectivity index (χ1) is 5.07. The molecule has 1 unspecified atom stereocenters. The van der Waals surface area contributed by atoms with Crippen LogP contribution in [-0.2, 0) is 4.79 Å². The average Bonchev–Trinajstić information content (AvgIpc) is 1.99.